The monoisotopic (exact) mass is 641 g/mol. The number of carbonyl (C=O) groups is 1. The van der Waals surface area contributed by atoms with E-state index in [1.54, 1.807) is 12.1 Å². The van der Waals surface area contributed by atoms with Crippen molar-refractivity contribution in [1.82, 2.24) is 15.5 Å². The summed E-state index contributed by atoms with van der Waals surface area (Å²) >= 11 is 0. The molecule has 0 spiro atoms. The third-order valence-corrected chi connectivity index (χ3v) is 16.2. The van der Waals surface area contributed by atoms with Gasteiger partial charge in [-0.3, -0.25) is 4.90 Å². The number of benzene rings is 1. The first-order valence-electron chi connectivity index (χ1n) is 19.1. The Morgan fingerprint density at radius 3 is 2.34 bits per heavy atom. The van der Waals surface area contributed by atoms with Crippen LogP contribution in [0.5, 0.6) is 0 Å². The number of nitrogens with zero attached hydrogens (tertiary/aromatic N) is 1. The molecule has 258 valence electrons. The van der Waals surface area contributed by atoms with Gasteiger partial charge in [-0.05, 0) is 139 Å². The molecule has 0 bridgehead atoms. The van der Waals surface area contributed by atoms with Crippen molar-refractivity contribution in [2.24, 2.45) is 51.2 Å². The van der Waals surface area contributed by atoms with E-state index < -0.39 is 5.97 Å². The predicted octanol–water partition coefficient (Wildman–Crippen LogP) is 8.28. The molecule has 3 N–H and O–H groups in total. The van der Waals surface area contributed by atoms with Crippen molar-refractivity contribution < 1.29 is 9.90 Å². The third-order valence-electron chi connectivity index (χ3n) is 16.2. The van der Waals surface area contributed by atoms with Crippen molar-refractivity contribution in [3.8, 4) is 0 Å². The molecule has 0 radical (unpaired) electrons. The SMILES string of the molecule is C=C(C)C1CCC2(NCCN3CCNCC3)CCC3(C)C(CCC4C5(C)CC=C(c6ccc(C(=O)O)cc6)C(C)(C)C5CCC43C)C12. The van der Waals surface area contributed by atoms with E-state index in [4.69, 9.17) is 0 Å². The van der Waals surface area contributed by atoms with Crippen LogP contribution in [0.15, 0.2) is 42.5 Å². The van der Waals surface area contributed by atoms with Gasteiger partial charge in [-0.1, -0.05) is 65.0 Å². The van der Waals surface area contributed by atoms with E-state index in [0.29, 0.717) is 34.1 Å². The molecule has 5 aliphatic carbocycles. The molecule has 5 nitrogen and oxygen atoms in total. The van der Waals surface area contributed by atoms with Gasteiger partial charge in [0.15, 0.2) is 0 Å². The fraction of sp³-hybridized carbons (Fsp3) is 0.738. The van der Waals surface area contributed by atoms with Crippen molar-refractivity contribution in [2.75, 3.05) is 39.3 Å². The smallest absolute Gasteiger partial charge is 0.335 e. The Hall–Kier alpha value is -1.95. The Kier molecular flexibility index (Phi) is 8.45. The summed E-state index contributed by atoms with van der Waals surface area (Å²) in [5, 5.41) is 17.3. The minimum Gasteiger partial charge on any atom is -0.478 e. The Morgan fingerprint density at radius 2 is 1.66 bits per heavy atom. The van der Waals surface area contributed by atoms with Crippen molar-refractivity contribution in [3.05, 3.63) is 53.6 Å². The second kappa shape index (κ2) is 11.8. The molecule has 1 aromatic rings. The van der Waals surface area contributed by atoms with Crippen LogP contribution >= 0.6 is 0 Å². The molecule has 47 heavy (non-hydrogen) atoms. The van der Waals surface area contributed by atoms with Gasteiger partial charge in [0.2, 0.25) is 0 Å². The topological polar surface area (TPSA) is 64.6 Å². The number of allylic oxidation sites excluding steroid dienone is 3. The summed E-state index contributed by atoms with van der Waals surface area (Å²) in [6.45, 7) is 27.0. The lowest BCUT2D eigenvalue weighted by Gasteiger charge is -2.72. The summed E-state index contributed by atoms with van der Waals surface area (Å²) < 4.78 is 0. The average molecular weight is 642 g/mol. The van der Waals surface area contributed by atoms with Crippen LogP contribution in [0.2, 0.25) is 0 Å². The summed E-state index contributed by atoms with van der Waals surface area (Å²) in [7, 11) is 0. The van der Waals surface area contributed by atoms with Crippen molar-refractivity contribution in [3.63, 3.8) is 0 Å². The number of carboxylic acids is 1. The van der Waals surface area contributed by atoms with Gasteiger partial charge >= 0.3 is 5.97 Å². The number of hydrogen-bond donors (Lipinski definition) is 3. The normalized spacial score (nSPS) is 42.8. The highest BCUT2D eigenvalue weighted by atomic mass is 16.4. The Balaban J connectivity index is 1.17. The number of fused-ring (bicyclic) bond motifs is 7. The van der Waals surface area contributed by atoms with Crippen LogP contribution in [0, 0.1) is 51.2 Å². The van der Waals surface area contributed by atoms with E-state index in [-0.39, 0.29) is 16.4 Å². The highest BCUT2D eigenvalue weighted by Crippen LogP contribution is 2.76. The molecule has 7 rings (SSSR count). The van der Waals surface area contributed by atoms with Gasteiger partial charge in [0.25, 0.3) is 0 Å². The van der Waals surface area contributed by atoms with E-state index in [1.165, 1.54) is 87.7 Å². The lowest BCUT2D eigenvalue weighted by atomic mass is 9.33. The maximum atomic E-state index is 11.5. The second-order valence-electron chi connectivity index (χ2n) is 18.3. The predicted molar refractivity (Wildman–Crippen MR) is 193 cm³/mol. The molecule has 1 saturated heterocycles. The lowest BCUT2D eigenvalue weighted by Crippen LogP contribution is -2.68. The molecule has 5 heteroatoms. The van der Waals surface area contributed by atoms with Gasteiger partial charge in [-0.2, -0.15) is 0 Å². The standard InChI is InChI=1S/C42H63N3O2/c1-28(2)31-14-19-42(44-24-27-45-25-22-43-23-26-45)21-20-40(6)33(36(31)42)12-13-35-39(5)17-15-32(29-8-10-30(11-9-29)37(46)47)38(3,4)34(39)16-18-41(35,40)7/h8-11,15,31,33-36,43-44H,1,12-14,16-27H2,2-7H3,(H,46,47). The number of aromatic carboxylic acids is 1. The largest absolute Gasteiger partial charge is 0.478 e. The molecular formula is C42H63N3O2. The van der Waals surface area contributed by atoms with Crippen molar-refractivity contribution >= 4 is 11.5 Å². The van der Waals surface area contributed by atoms with Crippen LogP contribution < -0.4 is 10.6 Å². The van der Waals surface area contributed by atoms with Gasteiger partial charge < -0.3 is 15.7 Å². The molecule has 4 saturated carbocycles. The maximum absolute atomic E-state index is 11.5. The number of hydrogen-bond acceptors (Lipinski definition) is 4. The Bertz CT molecular complexity index is 1410. The van der Waals surface area contributed by atoms with Gasteiger partial charge in [0, 0.05) is 44.8 Å². The summed E-state index contributed by atoms with van der Waals surface area (Å²) in [6.07, 6.45) is 14.3. The summed E-state index contributed by atoms with van der Waals surface area (Å²) in [5.41, 5.74) is 5.68. The highest BCUT2D eigenvalue weighted by molar-refractivity contribution is 5.88. The third kappa shape index (κ3) is 5.06. The van der Waals surface area contributed by atoms with E-state index in [1.807, 2.05) is 12.1 Å². The Morgan fingerprint density at radius 1 is 0.936 bits per heavy atom. The van der Waals surface area contributed by atoms with Crippen LogP contribution in [0.1, 0.15) is 115 Å². The number of carboxylic acid groups (broad SMARTS) is 1. The first kappa shape index (κ1) is 33.5. The highest BCUT2D eigenvalue weighted by Gasteiger charge is 2.70. The minimum atomic E-state index is -0.852. The zero-order valence-corrected chi connectivity index (χ0v) is 30.4. The molecule has 1 heterocycles. The van der Waals surface area contributed by atoms with Gasteiger partial charge in [-0.25, -0.2) is 4.79 Å². The molecule has 1 aliphatic heterocycles. The molecule has 0 aromatic heterocycles. The van der Waals surface area contributed by atoms with Crippen LogP contribution in [-0.4, -0.2) is 60.8 Å². The first-order valence-corrected chi connectivity index (χ1v) is 19.1. The van der Waals surface area contributed by atoms with Crippen LogP contribution in [-0.2, 0) is 0 Å². The fourth-order valence-electron chi connectivity index (χ4n) is 13.7. The summed E-state index contributed by atoms with van der Waals surface area (Å²) in [6, 6.07) is 7.66. The summed E-state index contributed by atoms with van der Waals surface area (Å²) in [5.74, 6) is 2.59. The van der Waals surface area contributed by atoms with Crippen LogP contribution in [0.3, 0.4) is 0 Å². The molecule has 1 aromatic carbocycles. The van der Waals surface area contributed by atoms with Gasteiger partial charge in [0.05, 0.1) is 5.56 Å². The first-order chi connectivity index (χ1) is 22.3. The molecule has 9 atom stereocenters. The van der Waals surface area contributed by atoms with E-state index in [2.05, 4.69) is 69.7 Å². The Labute approximate surface area is 285 Å². The lowest BCUT2D eigenvalue weighted by molar-refractivity contribution is -0.219. The van der Waals surface area contributed by atoms with Gasteiger partial charge in [0.1, 0.15) is 0 Å². The van der Waals surface area contributed by atoms with Crippen molar-refractivity contribution in [2.45, 2.75) is 105 Å². The second-order valence-corrected chi connectivity index (χ2v) is 18.3. The molecule has 5 fully saturated rings. The van der Waals surface area contributed by atoms with Gasteiger partial charge in [-0.15, -0.1) is 0 Å². The molecule has 6 aliphatic rings. The minimum absolute atomic E-state index is 0.0450. The zero-order chi connectivity index (χ0) is 33.4. The number of nitrogens with one attached hydrogen (secondary N) is 2. The molecule has 9 unspecified atom stereocenters. The van der Waals surface area contributed by atoms with Crippen LogP contribution in [0.4, 0.5) is 0 Å². The molecule has 0 amide bonds. The number of piperazine rings is 1. The summed E-state index contributed by atoms with van der Waals surface area (Å²) in [4.78, 5) is 14.2. The quantitative estimate of drug-likeness (QED) is 0.262. The maximum Gasteiger partial charge on any atom is 0.335 e. The van der Waals surface area contributed by atoms with Crippen molar-refractivity contribution in [1.29, 1.82) is 0 Å². The average Bonchev–Trinajstić information content (AvgIpc) is 3.42. The zero-order valence-electron chi connectivity index (χ0n) is 30.4. The fourth-order valence-corrected chi connectivity index (χ4v) is 13.7. The molecular weight excluding hydrogens is 578 g/mol. The number of rotatable bonds is 7. The van der Waals surface area contributed by atoms with E-state index in [9.17, 15) is 9.90 Å². The van der Waals surface area contributed by atoms with E-state index in [0.717, 1.165) is 37.9 Å². The van der Waals surface area contributed by atoms with Crippen LogP contribution in [0.25, 0.3) is 5.57 Å². The van der Waals surface area contributed by atoms with E-state index >= 15 is 0 Å².